The van der Waals surface area contributed by atoms with Crippen molar-refractivity contribution >= 4 is 21.9 Å². The van der Waals surface area contributed by atoms with Crippen molar-refractivity contribution in [2.45, 2.75) is 6.54 Å². The normalized spacial score (nSPS) is 11.1. The van der Waals surface area contributed by atoms with Crippen LogP contribution in [0.4, 0.5) is 10.5 Å². The number of benzene rings is 1. The molecule has 0 saturated carbocycles. The van der Waals surface area contributed by atoms with E-state index in [0.717, 1.165) is 0 Å². The highest BCUT2D eigenvalue weighted by Gasteiger charge is 2.01. The van der Waals surface area contributed by atoms with Gasteiger partial charge in [0.15, 0.2) is 0 Å². The fraction of sp³-hybridized carbons (Fsp3) is 0.125. The zero-order chi connectivity index (χ0) is 12.2. The second kappa shape index (κ2) is 4.92. The molecule has 1 aromatic rings. The van der Waals surface area contributed by atoms with Crippen LogP contribution < -0.4 is 20.9 Å². The molecule has 0 fully saturated rings. The molecule has 0 saturated heterocycles. The molecule has 0 aliphatic carbocycles. The molecule has 88 valence electrons. The lowest BCUT2D eigenvalue weighted by molar-refractivity contribution is 0.259. The Labute approximate surface area is 93.0 Å². The van der Waals surface area contributed by atoms with E-state index in [1.165, 1.54) is 0 Å². The maximum atomic E-state index is 10.6. The number of amides is 2. The standard InChI is InChI=1S/C8H12N4O3S/c9-8(13)12-7-3-1-6(2-4-7)5-11-16(10,14)15/h1-4,11H,5H2,(H3,9,12,13)(H2,10,14,15). The summed E-state index contributed by atoms with van der Waals surface area (Å²) in [5, 5.41) is 7.15. The van der Waals surface area contributed by atoms with Gasteiger partial charge in [-0.05, 0) is 17.7 Å². The minimum Gasteiger partial charge on any atom is -0.351 e. The van der Waals surface area contributed by atoms with Gasteiger partial charge in [0.2, 0.25) is 0 Å². The van der Waals surface area contributed by atoms with E-state index >= 15 is 0 Å². The lowest BCUT2D eigenvalue weighted by atomic mass is 10.2. The Kier molecular flexibility index (Phi) is 3.82. The summed E-state index contributed by atoms with van der Waals surface area (Å²) < 4.78 is 23.4. The summed E-state index contributed by atoms with van der Waals surface area (Å²) in [4.78, 5) is 10.5. The molecule has 8 heteroatoms. The monoisotopic (exact) mass is 244 g/mol. The maximum absolute atomic E-state index is 10.6. The van der Waals surface area contributed by atoms with Gasteiger partial charge in [-0.1, -0.05) is 12.1 Å². The van der Waals surface area contributed by atoms with Crippen molar-refractivity contribution in [1.29, 1.82) is 0 Å². The minimum absolute atomic E-state index is 0.0929. The molecule has 7 nitrogen and oxygen atoms in total. The number of urea groups is 1. The second-order valence-corrected chi connectivity index (χ2v) is 4.43. The van der Waals surface area contributed by atoms with Crippen molar-refractivity contribution in [3.8, 4) is 0 Å². The molecule has 1 rings (SSSR count). The Morgan fingerprint density at radius 3 is 2.25 bits per heavy atom. The number of rotatable bonds is 4. The van der Waals surface area contributed by atoms with Gasteiger partial charge >= 0.3 is 6.03 Å². The summed E-state index contributed by atoms with van der Waals surface area (Å²) in [5.41, 5.74) is 6.17. The van der Waals surface area contributed by atoms with Crippen LogP contribution >= 0.6 is 0 Å². The van der Waals surface area contributed by atoms with Crippen LogP contribution in [0.1, 0.15) is 5.56 Å². The number of carbonyl (C=O) groups is 1. The third kappa shape index (κ3) is 4.73. The van der Waals surface area contributed by atoms with Gasteiger partial charge in [-0.2, -0.15) is 13.1 Å². The predicted molar refractivity (Wildman–Crippen MR) is 59.6 cm³/mol. The van der Waals surface area contributed by atoms with E-state index in [2.05, 4.69) is 10.0 Å². The summed E-state index contributed by atoms with van der Waals surface area (Å²) in [6.45, 7) is 0.0929. The molecule has 0 heterocycles. The molecule has 0 aromatic heterocycles. The van der Waals surface area contributed by atoms with E-state index in [4.69, 9.17) is 10.9 Å². The average molecular weight is 244 g/mol. The van der Waals surface area contributed by atoms with Crippen molar-refractivity contribution in [2.75, 3.05) is 5.32 Å². The van der Waals surface area contributed by atoms with E-state index in [1.807, 2.05) is 0 Å². The van der Waals surface area contributed by atoms with Crippen LogP contribution in [0.5, 0.6) is 0 Å². The Morgan fingerprint density at radius 2 is 1.81 bits per heavy atom. The Morgan fingerprint density at radius 1 is 1.25 bits per heavy atom. The molecule has 0 atom stereocenters. The molecular formula is C8H12N4O3S. The first-order chi connectivity index (χ1) is 7.37. The molecule has 0 radical (unpaired) electrons. The van der Waals surface area contributed by atoms with Gasteiger partial charge in [0.05, 0.1) is 0 Å². The van der Waals surface area contributed by atoms with Crippen LogP contribution in [0.25, 0.3) is 0 Å². The first-order valence-corrected chi connectivity index (χ1v) is 5.84. The number of nitrogens with two attached hydrogens (primary N) is 2. The van der Waals surface area contributed by atoms with Gasteiger partial charge < -0.3 is 11.1 Å². The molecule has 6 N–H and O–H groups in total. The number of hydrogen-bond donors (Lipinski definition) is 4. The number of carbonyl (C=O) groups excluding carboxylic acids is 1. The second-order valence-electron chi connectivity index (χ2n) is 3.05. The van der Waals surface area contributed by atoms with Crippen LogP contribution in [0.2, 0.25) is 0 Å². The van der Waals surface area contributed by atoms with Gasteiger partial charge in [0.25, 0.3) is 10.2 Å². The smallest absolute Gasteiger partial charge is 0.316 e. The molecule has 1 aromatic carbocycles. The van der Waals surface area contributed by atoms with Crippen LogP contribution in [0.15, 0.2) is 24.3 Å². The fourth-order valence-electron chi connectivity index (χ4n) is 1.03. The lowest BCUT2D eigenvalue weighted by Crippen LogP contribution is -2.30. The van der Waals surface area contributed by atoms with E-state index in [0.29, 0.717) is 11.3 Å². The number of hydrogen-bond acceptors (Lipinski definition) is 3. The summed E-state index contributed by atoms with van der Waals surface area (Å²) in [6, 6.07) is 5.83. The molecule has 0 spiro atoms. The number of anilines is 1. The quantitative estimate of drug-likeness (QED) is 0.568. The third-order valence-corrected chi connectivity index (χ3v) is 2.25. The van der Waals surface area contributed by atoms with E-state index in [9.17, 15) is 13.2 Å². The van der Waals surface area contributed by atoms with E-state index < -0.39 is 16.2 Å². The molecule has 0 bridgehead atoms. The van der Waals surface area contributed by atoms with Crippen LogP contribution in [-0.4, -0.2) is 14.4 Å². The highest BCUT2D eigenvalue weighted by Crippen LogP contribution is 2.08. The number of primary amides is 1. The molecule has 0 unspecified atom stereocenters. The Balaban J connectivity index is 2.61. The average Bonchev–Trinajstić information content (AvgIpc) is 2.14. The molecular weight excluding hydrogens is 232 g/mol. The Bertz CT molecular complexity index is 469. The predicted octanol–water partition coefficient (Wildman–Crippen LogP) is -0.530. The largest absolute Gasteiger partial charge is 0.351 e. The van der Waals surface area contributed by atoms with Gasteiger partial charge in [0.1, 0.15) is 0 Å². The zero-order valence-electron chi connectivity index (χ0n) is 8.30. The van der Waals surface area contributed by atoms with Crippen molar-refractivity contribution in [3.63, 3.8) is 0 Å². The fourth-order valence-corrected chi connectivity index (χ4v) is 1.40. The van der Waals surface area contributed by atoms with Gasteiger partial charge in [-0.3, -0.25) is 0 Å². The topological polar surface area (TPSA) is 127 Å². The van der Waals surface area contributed by atoms with E-state index in [-0.39, 0.29) is 6.54 Å². The van der Waals surface area contributed by atoms with Gasteiger partial charge in [0, 0.05) is 12.2 Å². The van der Waals surface area contributed by atoms with Crippen molar-refractivity contribution in [1.82, 2.24) is 4.72 Å². The third-order valence-electron chi connectivity index (χ3n) is 1.70. The van der Waals surface area contributed by atoms with E-state index in [1.54, 1.807) is 24.3 Å². The highest BCUT2D eigenvalue weighted by atomic mass is 32.2. The summed E-state index contributed by atoms with van der Waals surface area (Å²) in [5.74, 6) is 0. The van der Waals surface area contributed by atoms with Crippen LogP contribution in [-0.2, 0) is 16.8 Å². The highest BCUT2D eigenvalue weighted by molar-refractivity contribution is 7.87. The van der Waals surface area contributed by atoms with Gasteiger partial charge in [-0.25, -0.2) is 9.93 Å². The first kappa shape index (κ1) is 12.4. The molecule has 0 aliphatic rings. The van der Waals surface area contributed by atoms with Crippen LogP contribution in [0.3, 0.4) is 0 Å². The zero-order valence-corrected chi connectivity index (χ0v) is 9.12. The van der Waals surface area contributed by atoms with Crippen LogP contribution in [0, 0.1) is 0 Å². The minimum atomic E-state index is -3.69. The summed E-state index contributed by atoms with van der Waals surface area (Å²) in [6.07, 6.45) is 0. The summed E-state index contributed by atoms with van der Waals surface area (Å²) in [7, 11) is -3.69. The van der Waals surface area contributed by atoms with Crippen molar-refractivity contribution < 1.29 is 13.2 Å². The first-order valence-electron chi connectivity index (χ1n) is 4.29. The number of nitrogens with one attached hydrogen (secondary N) is 2. The maximum Gasteiger partial charge on any atom is 0.316 e. The molecule has 16 heavy (non-hydrogen) atoms. The van der Waals surface area contributed by atoms with Crippen molar-refractivity contribution in [2.24, 2.45) is 10.9 Å². The van der Waals surface area contributed by atoms with Crippen molar-refractivity contribution in [3.05, 3.63) is 29.8 Å². The van der Waals surface area contributed by atoms with Gasteiger partial charge in [-0.15, -0.1) is 0 Å². The lowest BCUT2D eigenvalue weighted by Gasteiger charge is -2.04. The molecule has 2 amide bonds. The summed E-state index contributed by atoms with van der Waals surface area (Å²) >= 11 is 0. The Hall–Kier alpha value is -1.64. The SMILES string of the molecule is NC(=O)Nc1ccc(CNS(N)(=O)=O)cc1. The molecule has 0 aliphatic heterocycles.